The minimum absolute atomic E-state index is 0.0418. The number of carboxylic acid groups (broad SMARTS) is 1. The molecule has 2 aliphatic heterocycles. The van der Waals surface area contributed by atoms with Crippen molar-refractivity contribution in [2.75, 3.05) is 20.2 Å². The minimum atomic E-state index is -1.04. The number of benzene rings is 1. The maximum absolute atomic E-state index is 12.5. The van der Waals surface area contributed by atoms with Crippen molar-refractivity contribution < 1.29 is 24.3 Å². The Balaban J connectivity index is 1.60. The average molecular weight is 318 g/mol. The topological polar surface area (TPSA) is 88.4 Å². The number of hydrogen-bond donors (Lipinski definition) is 1. The van der Waals surface area contributed by atoms with Crippen LogP contribution in [-0.4, -0.2) is 53.4 Å². The van der Waals surface area contributed by atoms with Crippen molar-refractivity contribution in [3.8, 4) is 5.75 Å². The first-order valence-corrected chi connectivity index (χ1v) is 7.45. The summed E-state index contributed by atoms with van der Waals surface area (Å²) in [6.45, 7) is 1.04. The molecule has 0 bridgehead atoms. The van der Waals surface area contributed by atoms with Gasteiger partial charge in [-0.05, 0) is 24.3 Å². The van der Waals surface area contributed by atoms with E-state index in [1.807, 2.05) is 0 Å². The van der Waals surface area contributed by atoms with Crippen LogP contribution in [-0.2, 0) is 9.63 Å². The van der Waals surface area contributed by atoms with Gasteiger partial charge < -0.3 is 19.6 Å². The fraction of sp³-hybridized carbons (Fsp3) is 0.438. The molecule has 23 heavy (non-hydrogen) atoms. The predicted molar refractivity (Wildman–Crippen MR) is 81.6 cm³/mol. The number of methoxy groups -OCH3 is 1. The first-order valence-electron chi connectivity index (χ1n) is 7.45. The zero-order valence-corrected chi connectivity index (χ0v) is 12.8. The summed E-state index contributed by atoms with van der Waals surface area (Å²) < 4.78 is 5.08. The molecule has 1 aromatic carbocycles. The Labute approximate surface area is 133 Å². The standard InChI is InChI=1S/C16H18N2O5/c1-22-12-4-2-11(3-5-12)14(19)18-8-6-16(7-9-18)10-13(15(20)21)17-23-16/h2-5H,6-10H2,1H3,(H,20,21). The van der Waals surface area contributed by atoms with E-state index in [0.29, 0.717) is 43.7 Å². The lowest BCUT2D eigenvalue weighted by atomic mass is 9.86. The van der Waals surface area contributed by atoms with Crippen LogP contribution in [0, 0.1) is 0 Å². The van der Waals surface area contributed by atoms with E-state index in [1.54, 1.807) is 36.3 Å². The largest absolute Gasteiger partial charge is 0.497 e. The zero-order valence-electron chi connectivity index (χ0n) is 12.8. The molecule has 2 heterocycles. The smallest absolute Gasteiger partial charge is 0.353 e. The molecule has 122 valence electrons. The highest BCUT2D eigenvalue weighted by molar-refractivity contribution is 6.36. The molecule has 3 rings (SSSR count). The first-order chi connectivity index (χ1) is 11.0. The van der Waals surface area contributed by atoms with Crippen molar-refractivity contribution in [1.82, 2.24) is 4.90 Å². The zero-order chi connectivity index (χ0) is 16.4. The Morgan fingerprint density at radius 3 is 2.43 bits per heavy atom. The maximum Gasteiger partial charge on any atom is 0.353 e. The molecule has 7 nitrogen and oxygen atoms in total. The highest BCUT2D eigenvalue weighted by atomic mass is 16.7. The number of carbonyl (C=O) groups excluding carboxylic acids is 1. The number of aliphatic carboxylic acids is 1. The predicted octanol–water partition coefficient (Wildman–Crippen LogP) is 1.53. The summed E-state index contributed by atoms with van der Waals surface area (Å²) in [6, 6.07) is 6.99. The molecule has 1 fully saturated rings. The number of likely N-dealkylation sites (tertiary alicyclic amines) is 1. The van der Waals surface area contributed by atoms with Gasteiger partial charge in [0.2, 0.25) is 0 Å². The SMILES string of the molecule is COc1ccc(C(=O)N2CCC3(CC2)CC(C(=O)O)=NO3)cc1. The van der Waals surface area contributed by atoms with Crippen LogP contribution in [0.2, 0.25) is 0 Å². The van der Waals surface area contributed by atoms with E-state index in [4.69, 9.17) is 14.7 Å². The van der Waals surface area contributed by atoms with E-state index < -0.39 is 11.6 Å². The Morgan fingerprint density at radius 1 is 1.26 bits per heavy atom. The van der Waals surface area contributed by atoms with Gasteiger partial charge in [0.1, 0.15) is 11.4 Å². The van der Waals surface area contributed by atoms with Crippen LogP contribution in [0.4, 0.5) is 0 Å². The van der Waals surface area contributed by atoms with Crippen LogP contribution in [0.1, 0.15) is 29.6 Å². The normalized spacial score (nSPS) is 19.2. The number of carbonyl (C=O) groups is 2. The summed E-state index contributed by atoms with van der Waals surface area (Å²) in [5.74, 6) is -0.379. The van der Waals surface area contributed by atoms with Gasteiger partial charge in [0, 0.05) is 37.9 Å². The van der Waals surface area contributed by atoms with Crippen molar-refractivity contribution in [2.24, 2.45) is 5.16 Å². The quantitative estimate of drug-likeness (QED) is 0.913. The summed E-state index contributed by atoms with van der Waals surface area (Å²) >= 11 is 0. The molecule has 0 atom stereocenters. The molecule has 1 aromatic rings. The monoisotopic (exact) mass is 318 g/mol. The Bertz CT molecular complexity index is 645. The van der Waals surface area contributed by atoms with Crippen molar-refractivity contribution in [3.05, 3.63) is 29.8 Å². The van der Waals surface area contributed by atoms with Gasteiger partial charge in [0.15, 0.2) is 5.71 Å². The molecule has 0 unspecified atom stereocenters. The second-order valence-corrected chi connectivity index (χ2v) is 5.81. The molecule has 1 saturated heterocycles. The van der Waals surface area contributed by atoms with Gasteiger partial charge in [-0.2, -0.15) is 0 Å². The number of rotatable bonds is 3. The molecule has 1 amide bonds. The summed E-state index contributed by atoms with van der Waals surface area (Å²) in [7, 11) is 1.58. The second kappa shape index (κ2) is 5.91. The van der Waals surface area contributed by atoms with Crippen molar-refractivity contribution in [3.63, 3.8) is 0 Å². The molecule has 1 spiro atoms. The number of carboxylic acids is 1. The van der Waals surface area contributed by atoms with E-state index in [0.717, 1.165) is 0 Å². The third kappa shape index (κ3) is 2.99. The van der Waals surface area contributed by atoms with Crippen LogP contribution in [0.25, 0.3) is 0 Å². The van der Waals surface area contributed by atoms with Gasteiger partial charge >= 0.3 is 5.97 Å². The van der Waals surface area contributed by atoms with Crippen molar-refractivity contribution in [1.29, 1.82) is 0 Å². The molecule has 0 aromatic heterocycles. The highest BCUT2D eigenvalue weighted by Crippen LogP contribution is 2.35. The van der Waals surface area contributed by atoms with E-state index in [-0.39, 0.29) is 11.6 Å². The van der Waals surface area contributed by atoms with Gasteiger partial charge in [0.05, 0.1) is 7.11 Å². The number of hydrogen-bond acceptors (Lipinski definition) is 5. The molecule has 0 aliphatic carbocycles. The Hall–Kier alpha value is -2.57. The molecule has 2 aliphatic rings. The lowest BCUT2D eigenvalue weighted by molar-refractivity contribution is -0.129. The molecule has 7 heteroatoms. The van der Waals surface area contributed by atoms with Crippen LogP contribution < -0.4 is 4.74 Å². The van der Waals surface area contributed by atoms with Gasteiger partial charge in [0.25, 0.3) is 5.91 Å². The summed E-state index contributed by atoms with van der Waals surface area (Å²) in [5, 5.41) is 12.6. The van der Waals surface area contributed by atoms with Gasteiger partial charge in [-0.15, -0.1) is 0 Å². The molecule has 0 saturated carbocycles. The molecular formula is C16H18N2O5. The molecular weight excluding hydrogens is 300 g/mol. The first kappa shape index (κ1) is 15.3. The lowest BCUT2D eigenvalue weighted by Crippen LogP contribution is -2.47. The van der Waals surface area contributed by atoms with Crippen molar-refractivity contribution >= 4 is 17.6 Å². The van der Waals surface area contributed by atoms with Crippen LogP contribution >= 0.6 is 0 Å². The Morgan fingerprint density at radius 2 is 1.91 bits per heavy atom. The molecule has 0 radical (unpaired) electrons. The van der Waals surface area contributed by atoms with E-state index in [9.17, 15) is 9.59 Å². The number of nitrogens with zero attached hydrogens (tertiary/aromatic N) is 2. The van der Waals surface area contributed by atoms with Gasteiger partial charge in [-0.25, -0.2) is 4.79 Å². The van der Waals surface area contributed by atoms with E-state index in [2.05, 4.69) is 5.16 Å². The third-order valence-corrected chi connectivity index (χ3v) is 4.38. The van der Waals surface area contributed by atoms with Gasteiger partial charge in [-0.3, -0.25) is 4.79 Å². The lowest BCUT2D eigenvalue weighted by Gasteiger charge is -2.37. The highest BCUT2D eigenvalue weighted by Gasteiger charge is 2.44. The van der Waals surface area contributed by atoms with Crippen LogP contribution in [0.5, 0.6) is 5.75 Å². The maximum atomic E-state index is 12.5. The fourth-order valence-electron chi connectivity index (χ4n) is 2.94. The minimum Gasteiger partial charge on any atom is -0.497 e. The Kier molecular flexibility index (Phi) is 3.94. The van der Waals surface area contributed by atoms with E-state index in [1.165, 1.54) is 0 Å². The summed E-state index contributed by atoms with van der Waals surface area (Å²) in [6.07, 6.45) is 1.46. The van der Waals surface area contributed by atoms with Gasteiger partial charge in [-0.1, -0.05) is 5.16 Å². The number of piperidine rings is 1. The van der Waals surface area contributed by atoms with Crippen LogP contribution in [0.3, 0.4) is 0 Å². The summed E-state index contributed by atoms with van der Waals surface area (Å²) in [5.41, 5.74) is 0.0984. The second-order valence-electron chi connectivity index (χ2n) is 5.81. The summed E-state index contributed by atoms with van der Waals surface area (Å²) in [4.78, 5) is 30.6. The van der Waals surface area contributed by atoms with Crippen molar-refractivity contribution in [2.45, 2.75) is 24.9 Å². The number of ether oxygens (including phenoxy) is 1. The fourth-order valence-corrected chi connectivity index (χ4v) is 2.94. The van der Waals surface area contributed by atoms with Crippen LogP contribution in [0.15, 0.2) is 29.4 Å². The third-order valence-electron chi connectivity index (χ3n) is 4.38. The molecule has 1 N–H and O–H groups in total. The number of oxime groups is 1. The van der Waals surface area contributed by atoms with E-state index >= 15 is 0 Å². The number of amides is 1. The average Bonchev–Trinajstić information content (AvgIpc) is 2.99.